The lowest BCUT2D eigenvalue weighted by Crippen LogP contribution is -2.24. The van der Waals surface area contributed by atoms with Crippen molar-refractivity contribution in [2.24, 2.45) is 5.73 Å². The van der Waals surface area contributed by atoms with Crippen LogP contribution in [0, 0.1) is 6.92 Å². The SMILES string of the molecule is CCCC(N)CC(=O)Cc1ccccc1C. The smallest absolute Gasteiger partial charge is 0.138 e. The zero-order valence-corrected chi connectivity index (χ0v) is 10.2. The molecule has 1 rings (SSSR count). The maximum atomic E-state index is 11.8. The fraction of sp³-hybridized carbons (Fsp3) is 0.500. The molecular weight excluding hydrogens is 198 g/mol. The molecule has 0 aliphatic heterocycles. The summed E-state index contributed by atoms with van der Waals surface area (Å²) in [4.78, 5) is 11.8. The molecule has 2 heteroatoms. The van der Waals surface area contributed by atoms with Gasteiger partial charge < -0.3 is 5.73 Å². The molecule has 0 aromatic heterocycles. The van der Waals surface area contributed by atoms with Crippen LogP contribution >= 0.6 is 0 Å². The van der Waals surface area contributed by atoms with E-state index in [1.165, 1.54) is 5.56 Å². The molecule has 1 atom stereocenters. The van der Waals surface area contributed by atoms with Crippen LogP contribution < -0.4 is 5.73 Å². The summed E-state index contributed by atoms with van der Waals surface area (Å²) in [7, 11) is 0. The summed E-state index contributed by atoms with van der Waals surface area (Å²) >= 11 is 0. The summed E-state index contributed by atoms with van der Waals surface area (Å²) in [6, 6.07) is 8.04. The first-order valence-electron chi connectivity index (χ1n) is 5.95. The van der Waals surface area contributed by atoms with E-state index in [0.717, 1.165) is 18.4 Å². The highest BCUT2D eigenvalue weighted by Gasteiger charge is 2.10. The van der Waals surface area contributed by atoms with E-state index in [1.54, 1.807) is 0 Å². The predicted molar refractivity (Wildman–Crippen MR) is 67.4 cm³/mol. The van der Waals surface area contributed by atoms with Gasteiger partial charge in [0.05, 0.1) is 0 Å². The van der Waals surface area contributed by atoms with E-state index in [2.05, 4.69) is 6.92 Å². The first-order valence-corrected chi connectivity index (χ1v) is 5.95. The number of rotatable bonds is 6. The summed E-state index contributed by atoms with van der Waals surface area (Å²) in [6.07, 6.45) is 2.99. The zero-order chi connectivity index (χ0) is 12.0. The van der Waals surface area contributed by atoms with E-state index in [0.29, 0.717) is 12.8 Å². The maximum Gasteiger partial charge on any atom is 0.138 e. The van der Waals surface area contributed by atoms with Crippen LogP contribution in [0.25, 0.3) is 0 Å². The Hall–Kier alpha value is -1.15. The van der Waals surface area contributed by atoms with Crippen molar-refractivity contribution in [3.05, 3.63) is 35.4 Å². The Morgan fingerprint density at radius 1 is 1.38 bits per heavy atom. The second kappa shape index (κ2) is 6.44. The monoisotopic (exact) mass is 219 g/mol. The molecule has 1 unspecified atom stereocenters. The molecule has 0 amide bonds. The first kappa shape index (κ1) is 12.9. The molecule has 2 N–H and O–H groups in total. The van der Waals surface area contributed by atoms with Crippen LogP contribution in [0.3, 0.4) is 0 Å². The number of carbonyl (C=O) groups is 1. The van der Waals surface area contributed by atoms with Crippen molar-refractivity contribution in [1.29, 1.82) is 0 Å². The Balaban J connectivity index is 2.49. The molecule has 0 bridgehead atoms. The molecule has 1 aromatic carbocycles. The number of nitrogens with two attached hydrogens (primary N) is 1. The van der Waals surface area contributed by atoms with Crippen LogP contribution in [0.4, 0.5) is 0 Å². The van der Waals surface area contributed by atoms with E-state index in [9.17, 15) is 4.79 Å². The summed E-state index contributed by atoms with van der Waals surface area (Å²) in [5, 5.41) is 0. The molecule has 16 heavy (non-hydrogen) atoms. The van der Waals surface area contributed by atoms with Gasteiger partial charge in [-0.2, -0.15) is 0 Å². The fourth-order valence-electron chi connectivity index (χ4n) is 1.86. The quantitative estimate of drug-likeness (QED) is 0.799. The Labute approximate surface area is 97.9 Å². The molecular formula is C14H21NO. The number of benzene rings is 1. The van der Waals surface area contributed by atoms with Crippen LogP contribution in [0.1, 0.15) is 37.3 Å². The third-order valence-electron chi connectivity index (χ3n) is 2.80. The van der Waals surface area contributed by atoms with Gasteiger partial charge >= 0.3 is 0 Å². The Morgan fingerprint density at radius 2 is 2.06 bits per heavy atom. The van der Waals surface area contributed by atoms with E-state index in [-0.39, 0.29) is 11.8 Å². The van der Waals surface area contributed by atoms with Crippen LogP contribution in [0.5, 0.6) is 0 Å². The van der Waals surface area contributed by atoms with Crippen molar-refractivity contribution in [2.45, 2.75) is 45.6 Å². The number of carbonyl (C=O) groups excluding carboxylic acids is 1. The van der Waals surface area contributed by atoms with Crippen molar-refractivity contribution >= 4 is 5.78 Å². The number of hydrogen-bond acceptors (Lipinski definition) is 2. The van der Waals surface area contributed by atoms with Gasteiger partial charge in [0.15, 0.2) is 0 Å². The second-order valence-electron chi connectivity index (χ2n) is 4.39. The van der Waals surface area contributed by atoms with Gasteiger partial charge in [-0.3, -0.25) is 4.79 Å². The van der Waals surface area contributed by atoms with Gasteiger partial charge in [-0.25, -0.2) is 0 Å². The summed E-state index contributed by atoms with van der Waals surface area (Å²) in [5.41, 5.74) is 8.16. The van der Waals surface area contributed by atoms with Crippen LogP contribution in [0.15, 0.2) is 24.3 Å². The first-order chi connectivity index (χ1) is 7.63. The third kappa shape index (κ3) is 4.15. The van der Waals surface area contributed by atoms with E-state index < -0.39 is 0 Å². The summed E-state index contributed by atoms with van der Waals surface area (Å²) in [5.74, 6) is 0.246. The lowest BCUT2D eigenvalue weighted by Gasteiger charge is -2.10. The van der Waals surface area contributed by atoms with Crippen LogP contribution in [0.2, 0.25) is 0 Å². The molecule has 2 nitrogen and oxygen atoms in total. The Bertz CT molecular complexity index is 346. The van der Waals surface area contributed by atoms with Crippen molar-refractivity contribution in [1.82, 2.24) is 0 Å². The lowest BCUT2D eigenvalue weighted by molar-refractivity contribution is -0.118. The van der Waals surface area contributed by atoms with Gasteiger partial charge in [0.2, 0.25) is 0 Å². The van der Waals surface area contributed by atoms with Crippen molar-refractivity contribution in [3.8, 4) is 0 Å². The van der Waals surface area contributed by atoms with Gasteiger partial charge in [-0.15, -0.1) is 0 Å². The highest BCUT2D eigenvalue weighted by Crippen LogP contribution is 2.10. The predicted octanol–water partition coefficient (Wildman–Crippen LogP) is 2.62. The van der Waals surface area contributed by atoms with Crippen LogP contribution in [-0.2, 0) is 11.2 Å². The molecule has 0 heterocycles. The van der Waals surface area contributed by atoms with Crippen LogP contribution in [-0.4, -0.2) is 11.8 Å². The maximum absolute atomic E-state index is 11.8. The van der Waals surface area contributed by atoms with Crippen molar-refractivity contribution in [2.75, 3.05) is 0 Å². The van der Waals surface area contributed by atoms with Crippen molar-refractivity contribution < 1.29 is 4.79 Å². The van der Waals surface area contributed by atoms with Gasteiger partial charge in [-0.1, -0.05) is 37.6 Å². The topological polar surface area (TPSA) is 43.1 Å². The Morgan fingerprint density at radius 3 is 2.69 bits per heavy atom. The minimum Gasteiger partial charge on any atom is -0.327 e. The molecule has 88 valence electrons. The fourth-order valence-corrected chi connectivity index (χ4v) is 1.86. The number of hydrogen-bond donors (Lipinski definition) is 1. The van der Waals surface area contributed by atoms with Gasteiger partial charge in [-0.05, 0) is 24.5 Å². The number of aryl methyl sites for hydroxylation is 1. The van der Waals surface area contributed by atoms with Gasteiger partial charge in [0, 0.05) is 18.9 Å². The molecule has 0 spiro atoms. The standard InChI is InChI=1S/C14H21NO/c1-3-6-13(15)10-14(16)9-12-8-5-4-7-11(12)2/h4-5,7-8,13H,3,6,9-10,15H2,1-2H3. The van der Waals surface area contributed by atoms with Gasteiger partial charge in [0.25, 0.3) is 0 Å². The minimum atomic E-state index is 0.0292. The normalized spacial score (nSPS) is 12.4. The zero-order valence-electron chi connectivity index (χ0n) is 10.2. The molecule has 0 aliphatic carbocycles. The van der Waals surface area contributed by atoms with Gasteiger partial charge in [0.1, 0.15) is 5.78 Å². The molecule has 0 saturated heterocycles. The van der Waals surface area contributed by atoms with E-state index in [4.69, 9.17) is 5.73 Å². The third-order valence-corrected chi connectivity index (χ3v) is 2.80. The highest BCUT2D eigenvalue weighted by atomic mass is 16.1. The molecule has 0 aliphatic rings. The van der Waals surface area contributed by atoms with E-state index in [1.807, 2.05) is 31.2 Å². The molecule has 0 radical (unpaired) electrons. The average molecular weight is 219 g/mol. The van der Waals surface area contributed by atoms with E-state index >= 15 is 0 Å². The lowest BCUT2D eigenvalue weighted by atomic mass is 9.99. The molecule has 0 saturated carbocycles. The molecule has 0 fully saturated rings. The number of Topliss-reactive ketones (excluding diaryl/α,β-unsaturated/α-hetero) is 1. The Kier molecular flexibility index (Phi) is 5.20. The largest absolute Gasteiger partial charge is 0.327 e. The number of ketones is 1. The molecule has 1 aromatic rings. The second-order valence-corrected chi connectivity index (χ2v) is 4.39. The minimum absolute atomic E-state index is 0.0292. The highest BCUT2D eigenvalue weighted by molar-refractivity contribution is 5.81. The average Bonchev–Trinajstić information content (AvgIpc) is 2.21. The summed E-state index contributed by atoms with van der Waals surface area (Å²) < 4.78 is 0. The summed E-state index contributed by atoms with van der Waals surface area (Å²) in [6.45, 7) is 4.13. The van der Waals surface area contributed by atoms with Crippen molar-refractivity contribution in [3.63, 3.8) is 0 Å².